The number of piperidine rings is 1. The lowest BCUT2D eigenvalue weighted by Crippen LogP contribution is -2.53. The van der Waals surface area contributed by atoms with E-state index >= 15 is 0 Å². The molecule has 2 aromatic heterocycles. The minimum atomic E-state index is -0.00815. The van der Waals surface area contributed by atoms with Crippen LogP contribution in [-0.4, -0.2) is 51.2 Å². The SMILES string of the molecule is C[C@@H](Nc1cncc(N2CC([C@H]3CCCN(Cc4cc[nH]n4)C3)C2)n1)c1ccc(Cl)cc1Cl. The molecule has 33 heavy (non-hydrogen) atoms. The fourth-order valence-electron chi connectivity index (χ4n) is 4.96. The highest BCUT2D eigenvalue weighted by molar-refractivity contribution is 6.35. The molecule has 174 valence electrons. The lowest BCUT2D eigenvalue weighted by atomic mass is 9.80. The molecular weight excluding hydrogens is 457 g/mol. The van der Waals surface area contributed by atoms with E-state index in [9.17, 15) is 0 Å². The number of halogens is 2. The van der Waals surface area contributed by atoms with Crippen molar-refractivity contribution in [2.75, 3.05) is 36.4 Å². The van der Waals surface area contributed by atoms with Gasteiger partial charge >= 0.3 is 0 Å². The van der Waals surface area contributed by atoms with Gasteiger partial charge in [0.25, 0.3) is 0 Å². The van der Waals surface area contributed by atoms with Gasteiger partial charge in [-0.3, -0.25) is 15.0 Å². The molecule has 0 amide bonds. The van der Waals surface area contributed by atoms with E-state index in [1.807, 2.05) is 24.5 Å². The van der Waals surface area contributed by atoms with Gasteiger partial charge in [-0.25, -0.2) is 4.98 Å². The lowest BCUT2D eigenvalue weighted by Gasteiger charge is -2.47. The van der Waals surface area contributed by atoms with E-state index in [2.05, 4.69) is 43.3 Å². The van der Waals surface area contributed by atoms with E-state index in [4.69, 9.17) is 28.2 Å². The maximum atomic E-state index is 6.37. The molecule has 0 saturated carbocycles. The van der Waals surface area contributed by atoms with Crippen LogP contribution in [0.25, 0.3) is 0 Å². The van der Waals surface area contributed by atoms with Crippen LogP contribution in [0.3, 0.4) is 0 Å². The number of hydrogen-bond acceptors (Lipinski definition) is 6. The average molecular weight is 486 g/mol. The van der Waals surface area contributed by atoms with Crippen molar-refractivity contribution in [3.05, 3.63) is 64.2 Å². The number of hydrogen-bond donors (Lipinski definition) is 2. The van der Waals surface area contributed by atoms with E-state index in [1.54, 1.807) is 12.3 Å². The second kappa shape index (κ2) is 9.87. The number of H-pyrrole nitrogens is 1. The molecule has 0 unspecified atom stereocenters. The predicted molar refractivity (Wildman–Crippen MR) is 133 cm³/mol. The highest BCUT2D eigenvalue weighted by atomic mass is 35.5. The maximum Gasteiger partial charge on any atom is 0.149 e. The molecule has 2 fully saturated rings. The first kappa shape index (κ1) is 22.4. The van der Waals surface area contributed by atoms with Crippen molar-refractivity contribution in [1.82, 2.24) is 25.1 Å². The summed E-state index contributed by atoms with van der Waals surface area (Å²) in [6, 6.07) is 7.62. The maximum absolute atomic E-state index is 6.37. The van der Waals surface area contributed by atoms with Crippen LogP contribution in [0, 0.1) is 11.8 Å². The molecule has 4 heterocycles. The van der Waals surface area contributed by atoms with Gasteiger partial charge in [-0.05, 0) is 61.9 Å². The van der Waals surface area contributed by atoms with Crippen LogP contribution in [0.15, 0.2) is 42.9 Å². The number of aromatic amines is 1. The Labute approximate surface area is 204 Å². The number of aromatic nitrogens is 4. The summed E-state index contributed by atoms with van der Waals surface area (Å²) in [5.41, 5.74) is 2.11. The third-order valence-electron chi connectivity index (χ3n) is 6.80. The quantitative estimate of drug-likeness (QED) is 0.488. The molecule has 0 aliphatic carbocycles. The van der Waals surface area contributed by atoms with E-state index < -0.39 is 0 Å². The van der Waals surface area contributed by atoms with Gasteiger partial charge in [-0.1, -0.05) is 29.3 Å². The Morgan fingerprint density at radius 2 is 2.03 bits per heavy atom. The van der Waals surface area contributed by atoms with Crippen molar-refractivity contribution in [2.24, 2.45) is 11.8 Å². The summed E-state index contributed by atoms with van der Waals surface area (Å²) >= 11 is 12.4. The Balaban J connectivity index is 1.16. The molecule has 7 nitrogen and oxygen atoms in total. The van der Waals surface area contributed by atoms with Crippen LogP contribution in [0.4, 0.5) is 11.6 Å². The van der Waals surface area contributed by atoms with E-state index in [0.29, 0.717) is 16.0 Å². The van der Waals surface area contributed by atoms with Crippen LogP contribution in [0.1, 0.15) is 37.1 Å². The molecular formula is C24H29Cl2N7. The van der Waals surface area contributed by atoms with Crippen molar-refractivity contribution in [1.29, 1.82) is 0 Å². The van der Waals surface area contributed by atoms with Crippen molar-refractivity contribution >= 4 is 34.8 Å². The summed E-state index contributed by atoms with van der Waals surface area (Å²) in [6.07, 6.45) is 8.08. The van der Waals surface area contributed by atoms with Gasteiger partial charge in [-0.2, -0.15) is 5.10 Å². The Bertz CT molecular complexity index is 1070. The van der Waals surface area contributed by atoms with Crippen molar-refractivity contribution in [2.45, 2.75) is 32.4 Å². The third kappa shape index (κ3) is 5.26. The highest BCUT2D eigenvalue weighted by Gasteiger charge is 2.36. The first-order chi connectivity index (χ1) is 16.0. The van der Waals surface area contributed by atoms with Gasteiger partial charge in [-0.15, -0.1) is 0 Å². The molecule has 2 saturated heterocycles. The summed E-state index contributed by atoms with van der Waals surface area (Å²) < 4.78 is 0. The third-order valence-corrected chi connectivity index (χ3v) is 7.36. The Morgan fingerprint density at radius 3 is 2.82 bits per heavy atom. The Hall–Kier alpha value is -2.35. The van der Waals surface area contributed by atoms with Gasteiger partial charge in [0, 0.05) is 42.4 Å². The van der Waals surface area contributed by atoms with Gasteiger partial charge in [0.1, 0.15) is 11.6 Å². The first-order valence-corrected chi connectivity index (χ1v) is 12.3. The number of anilines is 2. The number of likely N-dealkylation sites (tertiary alicyclic amines) is 1. The molecule has 2 aliphatic rings. The van der Waals surface area contributed by atoms with Gasteiger partial charge in [0.15, 0.2) is 0 Å². The molecule has 0 radical (unpaired) electrons. The van der Waals surface area contributed by atoms with Crippen molar-refractivity contribution in [3.8, 4) is 0 Å². The molecule has 0 bridgehead atoms. The topological polar surface area (TPSA) is 73.0 Å². The Morgan fingerprint density at radius 1 is 1.15 bits per heavy atom. The summed E-state index contributed by atoms with van der Waals surface area (Å²) in [6.45, 7) is 7.38. The molecule has 2 aliphatic heterocycles. The van der Waals surface area contributed by atoms with Gasteiger partial charge in [0.05, 0.1) is 24.1 Å². The minimum Gasteiger partial charge on any atom is -0.362 e. The van der Waals surface area contributed by atoms with Crippen LogP contribution in [0.5, 0.6) is 0 Å². The Kier molecular flexibility index (Phi) is 6.71. The molecule has 5 rings (SSSR count). The smallest absolute Gasteiger partial charge is 0.149 e. The van der Waals surface area contributed by atoms with Gasteiger partial charge < -0.3 is 10.2 Å². The number of nitrogens with one attached hydrogen (secondary N) is 2. The zero-order valence-electron chi connectivity index (χ0n) is 18.7. The zero-order chi connectivity index (χ0) is 22.8. The molecule has 2 atom stereocenters. The molecule has 1 aromatic carbocycles. The fraction of sp³-hybridized carbons (Fsp3) is 0.458. The zero-order valence-corrected chi connectivity index (χ0v) is 20.2. The number of rotatable bonds is 7. The van der Waals surface area contributed by atoms with Crippen LogP contribution in [0.2, 0.25) is 10.0 Å². The summed E-state index contributed by atoms with van der Waals surface area (Å²) in [7, 11) is 0. The molecule has 2 N–H and O–H groups in total. The van der Waals surface area contributed by atoms with Crippen LogP contribution < -0.4 is 10.2 Å². The van der Waals surface area contributed by atoms with Gasteiger partial charge in [0.2, 0.25) is 0 Å². The number of nitrogens with zero attached hydrogens (tertiary/aromatic N) is 5. The first-order valence-electron chi connectivity index (χ1n) is 11.5. The summed E-state index contributed by atoms with van der Waals surface area (Å²) in [5.74, 6) is 3.11. The largest absolute Gasteiger partial charge is 0.362 e. The second-order valence-corrected chi connectivity index (χ2v) is 10.0. The van der Waals surface area contributed by atoms with Crippen molar-refractivity contribution in [3.63, 3.8) is 0 Å². The van der Waals surface area contributed by atoms with Crippen LogP contribution >= 0.6 is 23.2 Å². The molecule has 9 heteroatoms. The molecule has 3 aromatic rings. The standard InChI is InChI=1S/C24H29Cl2N7/c1-16(21-5-4-19(25)9-22(21)26)29-23-10-27-11-24(30-23)33-13-18(14-33)17-3-2-8-32(12-17)15-20-6-7-28-31-20/h4-7,9-11,16-18H,2-3,8,12-15H2,1H3,(H,28,31)(H,29,30)/t16-,17+/m1/s1. The summed E-state index contributed by atoms with van der Waals surface area (Å²) in [5, 5.41) is 11.9. The summed E-state index contributed by atoms with van der Waals surface area (Å²) in [4.78, 5) is 14.1. The van der Waals surface area contributed by atoms with E-state index in [1.165, 1.54) is 12.8 Å². The van der Waals surface area contributed by atoms with E-state index in [0.717, 1.165) is 61.5 Å². The monoisotopic (exact) mass is 485 g/mol. The average Bonchev–Trinajstić information content (AvgIpc) is 3.26. The lowest BCUT2D eigenvalue weighted by molar-refractivity contribution is 0.113. The van der Waals surface area contributed by atoms with E-state index in [-0.39, 0.29) is 6.04 Å². The highest BCUT2D eigenvalue weighted by Crippen LogP contribution is 2.34. The fourth-order valence-corrected chi connectivity index (χ4v) is 5.53. The predicted octanol–water partition coefficient (Wildman–Crippen LogP) is 5.03. The molecule has 0 spiro atoms. The second-order valence-electron chi connectivity index (χ2n) is 9.16. The van der Waals surface area contributed by atoms with Crippen LogP contribution in [-0.2, 0) is 6.54 Å². The number of benzene rings is 1. The minimum absolute atomic E-state index is 0.00815. The van der Waals surface area contributed by atoms with Crippen molar-refractivity contribution < 1.29 is 0 Å². The normalized spacial score (nSPS) is 20.5.